The zero-order valence-corrected chi connectivity index (χ0v) is 20.3. The molecule has 1 aromatic carbocycles. The van der Waals surface area contributed by atoms with E-state index in [1.165, 1.54) is 10.6 Å². The number of benzene rings is 1. The summed E-state index contributed by atoms with van der Waals surface area (Å²) in [7, 11) is -6.85. The van der Waals surface area contributed by atoms with Crippen molar-refractivity contribution in [1.82, 2.24) is 9.29 Å². The number of sulfonamides is 1. The Kier molecular flexibility index (Phi) is 6.48. The van der Waals surface area contributed by atoms with E-state index in [-0.39, 0.29) is 18.4 Å². The van der Waals surface area contributed by atoms with Gasteiger partial charge in [-0.25, -0.2) is 12.7 Å². The SMILES string of the molecule is CS(=O)(=O)OCC1=Cc2cc(Cl)ccc2C(C2CCN(S(C)(=O)=O)CC2)c2ncccc21. The minimum absolute atomic E-state index is 0.0767. The summed E-state index contributed by atoms with van der Waals surface area (Å²) in [6, 6.07) is 9.43. The minimum atomic E-state index is -3.63. The molecule has 1 aromatic heterocycles. The third kappa shape index (κ3) is 5.07. The number of pyridine rings is 1. The number of aromatic nitrogens is 1. The number of nitrogens with zero attached hydrogens (tertiary/aromatic N) is 2. The van der Waals surface area contributed by atoms with Crippen LogP contribution < -0.4 is 0 Å². The molecule has 0 N–H and O–H groups in total. The Morgan fingerprint density at radius 2 is 1.84 bits per heavy atom. The molecule has 2 aliphatic rings. The van der Waals surface area contributed by atoms with Crippen molar-refractivity contribution in [2.24, 2.45) is 5.92 Å². The van der Waals surface area contributed by atoms with Crippen LogP contribution in [0.3, 0.4) is 0 Å². The van der Waals surface area contributed by atoms with Crippen LogP contribution in [0.2, 0.25) is 5.02 Å². The van der Waals surface area contributed by atoms with Crippen molar-refractivity contribution >= 4 is 43.4 Å². The van der Waals surface area contributed by atoms with Gasteiger partial charge in [0.05, 0.1) is 24.8 Å². The third-order valence-electron chi connectivity index (χ3n) is 6.06. The van der Waals surface area contributed by atoms with Crippen molar-refractivity contribution in [2.45, 2.75) is 18.8 Å². The Morgan fingerprint density at radius 1 is 1.12 bits per heavy atom. The number of piperidine rings is 1. The molecule has 1 aliphatic heterocycles. The summed E-state index contributed by atoms with van der Waals surface area (Å²) in [6.45, 7) is 0.813. The molecule has 1 saturated heterocycles. The van der Waals surface area contributed by atoms with E-state index in [1.807, 2.05) is 36.4 Å². The molecule has 0 saturated carbocycles. The van der Waals surface area contributed by atoms with Gasteiger partial charge in [0, 0.05) is 35.8 Å². The molecule has 4 rings (SSSR count). The maximum absolute atomic E-state index is 12.0. The van der Waals surface area contributed by atoms with Gasteiger partial charge >= 0.3 is 0 Å². The molecule has 1 aliphatic carbocycles. The highest BCUT2D eigenvalue weighted by Gasteiger charge is 2.36. The summed E-state index contributed by atoms with van der Waals surface area (Å²) in [5.74, 6) is 0.0947. The second-order valence-corrected chi connectivity index (χ2v) is 12.4. The molecule has 172 valence electrons. The molecular weight excluding hydrogens is 472 g/mol. The van der Waals surface area contributed by atoms with Gasteiger partial charge in [0.15, 0.2) is 0 Å². The Balaban J connectivity index is 1.79. The maximum atomic E-state index is 12.0. The van der Waals surface area contributed by atoms with E-state index in [4.69, 9.17) is 20.8 Å². The van der Waals surface area contributed by atoms with Crippen molar-refractivity contribution in [3.8, 4) is 0 Å². The van der Waals surface area contributed by atoms with Gasteiger partial charge in [-0.1, -0.05) is 23.7 Å². The molecule has 7 nitrogen and oxygen atoms in total. The first-order valence-corrected chi connectivity index (χ1v) is 14.3. The summed E-state index contributed by atoms with van der Waals surface area (Å²) < 4.78 is 53.9. The van der Waals surface area contributed by atoms with Gasteiger partial charge in [0.2, 0.25) is 10.0 Å². The number of halogens is 1. The summed E-state index contributed by atoms with van der Waals surface area (Å²) in [6.07, 6.45) is 7.31. The zero-order valence-electron chi connectivity index (χ0n) is 17.9. The molecule has 0 spiro atoms. The lowest BCUT2D eigenvalue weighted by molar-refractivity contribution is 0.256. The lowest BCUT2D eigenvalue weighted by Gasteiger charge is -2.35. The van der Waals surface area contributed by atoms with Gasteiger partial charge < -0.3 is 0 Å². The van der Waals surface area contributed by atoms with Gasteiger partial charge in [0.1, 0.15) is 0 Å². The number of rotatable bonds is 5. The fraction of sp³-hybridized carbons (Fsp3) is 0.409. The van der Waals surface area contributed by atoms with E-state index >= 15 is 0 Å². The standard InChI is InChI=1S/C22H25ClN2O5S2/c1-31(26,27)25-10-7-15(8-11-25)21-19-6-5-18(23)13-16(19)12-17(14-30-32(2,28)29)20-4-3-9-24-22(20)21/h3-6,9,12-13,15,21H,7-8,10-11,14H2,1-2H3. The molecule has 32 heavy (non-hydrogen) atoms. The van der Waals surface area contributed by atoms with Crippen molar-refractivity contribution in [2.75, 3.05) is 32.2 Å². The molecular formula is C22H25ClN2O5S2. The average molecular weight is 497 g/mol. The number of hydrogen-bond acceptors (Lipinski definition) is 6. The molecule has 2 aromatic rings. The van der Waals surface area contributed by atoms with Crippen molar-refractivity contribution in [3.05, 3.63) is 63.9 Å². The van der Waals surface area contributed by atoms with Crippen molar-refractivity contribution in [1.29, 1.82) is 0 Å². The predicted molar refractivity (Wildman–Crippen MR) is 125 cm³/mol. The fourth-order valence-corrected chi connectivity index (χ4v) is 6.01. The van der Waals surface area contributed by atoms with E-state index in [1.54, 1.807) is 6.20 Å². The maximum Gasteiger partial charge on any atom is 0.264 e. The summed E-state index contributed by atoms with van der Waals surface area (Å²) in [5.41, 5.74) is 4.31. The van der Waals surface area contributed by atoms with Crippen LogP contribution in [-0.4, -0.2) is 58.3 Å². The monoisotopic (exact) mass is 496 g/mol. The van der Waals surface area contributed by atoms with Crippen molar-refractivity contribution < 1.29 is 21.0 Å². The lowest BCUT2D eigenvalue weighted by Crippen LogP contribution is -2.39. The first kappa shape index (κ1) is 23.4. The summed E-state index contributed by atoms with van der Waals surface area (Å²) >= 11 is 6.30. The topological polar surface area (TPSA) is 93.6 Å². The van der Waals surface area contributed by atoms with Gasteiger partial charge in [-0.15, -0.1) is 0 Å². The van der Waals surface area contributed by atoms with Crippen molar-refractivity contribution in [3.63, 3.8) is 0 Å². The molecule has 0 bridgehead atoms. The van der Waals surface area contributed by atoms with E-state index in [0.717, 1.165) is 28.6 Å². The van der Waals surface area contributed by atoms with Gasteiger partial charge in [-0.05, 0) is 59.7 Å². The molecule has 1 atom stereocenters. The van der Waals surface area contributed by atoms with E-state index in [0.29, 0.717) is 36.5 Å². The highest BCUT2D eigenvalue weighted by Crippen LogP contribution is 2.44. The molecule has 1 fully saturated rings. The van der Waals surface area contributed by atoms with Crippen LogP contribution in [0.15, 0.2) is 36.5 Å². The molecule has 1 unspecified atom stereocenters. The highest BCUT2D eigenvalue weighted by molar-refractivity contribution is 7.88. The average Bonchev–Trinajstić information content (AvgIpc) is 2.85. The van der Waals surface area contributed by atoms with E-state index in [9.17, 15) is 16.8 Å². The van der Waals surface area contributed by atoms with Crippen LogP contribution in [0.1, 0.15) is 41.1 Å². The van der Waals surface area contributed by atoms with Crippen LogP contribution in [0, 0.1) is 5.92 Å². The Bertz CT molecular complexity index is 1270. The van der Waals surface area contributed by atoms with Gasteiger partial charge in [0.25, 0.3) is 10.1 Å². The highest BCUT2D eigenvalue weighted by atomic mass is 35.5. The first-order valence-electron chi connectivity index (χ1n) is 10.3. The molecule has 0 amide bonds. The third-order valence-corrected chi connectivity index (χ3v) is 8.14. The first-order chi connectivity index (χ1) is 15.0. The Labute approximate surface area is 194 Å². The van der Waals surface area contributed by atoms with E-state index < -0.39 is 20.1 Å². The molecule has 0 radical (unpaired) electrons. The number of fused-ring (bicyclic) bond motifs is 2. The smallest absolute Gasteiger partial charge is 0.264 e. The number of hydrogen-bond donors (Lipinski definition) is 0. The minimum Gasteiger partial charge on any atom is -0.265 e. The van der Waals surface area contributed by atoms with Crippen LogP contribution in [0.5, 0.6) is 0 Å². The normalized spacial score (nSPS) is 20.2. The second-order valence-electron chi connectivity index (χ2n) is 8.32. The summed E-state index contributed by atoms with van der Waals surface area (Å²) in [4.78, 5) is 4.71. The largest absolute Gasteiger partial charge is 0.265 e. The van der Waals surface area contributed by atoms with Crippen LogP contribution in [0.4, 0.5) is 0 Å². The van der Waals surface area contributed by atoms with Gasteiger partial charge in [-0.3, -0.25) is 9.17 Å². The van der Waals surface area contributed by atoms with Crippen LogP contribution >= 0.6 is 11.6 Å². The summed E-state index contributed by atoms with van der Waals surface area (Å²) in [5, 5.41) is 0.577. The fourth-order valence-electron chi connectivity index (χ4n) is 4.61. The zero-order chi connectivity index (χ0) is 23.1. The quantitative estimate of drug-likeness (QED) is 0.589. The second kappa shape index (κ2) is 8.87. The molecule has 2 heterocycles. The van der Waals surface area contributed by atoms with Crippen LogP contribution in [0.25, 0.3) is 11.6 Å². The Hall–Kier alpha value is -1.78. The van der Waals surface area contributed by atoms with E-state index in [2.05, 4.69) is 0 Å². The van der Waals surface area contributed by atoms with Gasteiger partial charge in [-0.2, -0.15) is 8.42 Å². The molecule has 10 heteroatoms. The Morgan fingerprint density at radius 3 is 2.50 bits per heavy atom. The predicted octanol–water partition coefficient (Wildman–Crippen LogP) is 3.37. The lowest BCUT2D eigenvalue weighted by atomic mass is 9.76. The van der Waals surface area contributed by atoms with Crippen LogP contribution in [-0.2, 0) is 24.3 Å².